The van der Waals surface area contributed by atoms with Crippen molar-refractivity contribution >= 4 is 29.5 Å². The van der Waals surface area contributed by atoms with Crippen molar-refractivity contribution in [3.8, 4) is 0 Å². The van der Waals surface area contributed by atoms with Crippen molar-refractivity contribution in [3.63, 3.8) is 0 Å². The van der Waals surface area contributed by atoms with Crippen LogP contribution in [-0.4, -0.2) is 123 Å². The van der Waals surface area contributed by atoms with Gasteiger partial charge in [-0.3, -0.25) is 4.79 Å². The molecular weight excluding hydrogens is 562 g/mol. The fraction of sp³-hybridized carbons (Fsp3) is 0.710. The van der Waals surface area contributed by atoms with E-state index in [9.17, 15) is 9.59 Å². The maximum Gasteiger partial charge on any atom is 0.410 e. The summed E-state index contributed by atoms with van der Waals surface area (Å²) in [6, 6.07) is 0.630. The Morgan fingerprint density at radius 2 is 1.82 bits per heavy atom. The molecule has 240 valence electrons. The molecule has 0 radical (unpaired) electrons. The number of likely N-dealkylation sites (tertiary alicyclic amines) is 1. The lowest BCUT2D eigenvalue weighted by Crippen LogP contribution is -2.50. The van der Waals surface area contributed by atoms with Crippen LogP contribution in [0.3, 0.4) is 0 Å². The minimum absolute atomic E-state index is 0.0278. The van der Waals surface area contributed by atoms with E-state index >= 15 is 0 Å². The van der Waals surface area contributed by atoms with Gasteiger partial charge in [-0.25, -0.2) is 4.79 Å². The van der Waals surface area contributed by atoms with Crippen molar-refractivity contribution in [1.29, 1.82) is 0 Å². The van der Waals surface area contributed by atoms with Crippen LogP contribution in [0, 0.1) is 0 Å². The van der Waals surface area contributed by atoms with E-state index in [0.29, 0.717) is 38.0 Å². The summed E-state index contributed by atoms with van der Waals surface area (Å²) in [5, 5.41) is 11.9. The smallest absolute Gasteiger partial charge is 0.410 e. The third-order valence-corrected chi connectivity index (χ3v) is 9.30. The number of rotatable bonds is 9. The Labute approximate surface area is 259 Å². The fourth-order valence-electron chi connectivity index (χ4n) is 6.96. The van der Waals surface area contributed by atoms with Gasteiger partial charge in [0.25, 0.3) is 0 Å². The average Bonchev–Trinajstić information content (AvgIpc) is 3.70. The molecule has 13 heteroatoms. The molecule has 6 heterocycles. The molecular formula is C31H47N9O4. The van der Waals surface area contributed by atoms with Crippen molar-refractivity contribution < 1.29 is 19.1 Å². The lowest BCUT2D eigenvalue weighted by atomic mass is 9.98. The van der Waals surface area contributed by atoms with Crippen molar-refractivity contribution in [1.82, 2.24) is 34.3 Å². The third-order valence-electron chi connectivity index (χ3n) is 9.30. The summed E-state index contributed by atoms with van der Waals surface area (Å²) in [6.45, 7) is 7.54. The normalized spacial score (nSPS) is 26.0. The van der Waals surface area contributed by atoms with Crippen molar-refractivity contribution in [2.75, 3.05) is 57.6 Å². The summed E-state index contributed by atoms with van der Waals surface area (Å²) in [5.74, 6) is 1.53. The zero-order valence-corrected chi connectivity index (χ0v) is 26.4. The van der Waals surface area contributed by atoms with Gasteiger partial charge in [0.2, 0.25) is 17.8 Å². The monoisotopic (exact) mass is 609 g/mol. The number of carbonyl (C=O) groups is 2. The van der Waals surface area contributed by atoms with E-state index in [0.717, 1.165) is 62.9 Å². The minimum Gasteiger partial charge on any atom is -0.444 e. The molecule has 4 fully saturated rings. The van der Waals surface area contributed by atoms with E-state index in [2.05, 4.69) is 29.6 Å². The van der Waals surface area contributed by atoms with Crippen LogP contribution in [0.4, 0.5) is 16.7 Å². The van der Waals surface area contributed by atoms with Gasteiger partial charge in [0, 0.05) is 68.5 Å². The van der Waals surface area contributed by atoms with E-state index < -0.39 is 0 Å². The molecule has 0 saturated carbocycles. The van der Waals surface area contributed by atoms with Crippen molar-refractivity contribution in [3.05, 3.63) is 23.9 Å². The van der Waals surface area contributed by atoms with Crippen LogP contribution in [0.2, 0.25) is 0 Å². The third kappa shape index (κ3) is 6.78. The van der Waals surface area contributed by atoms with Crippen LogP contribution in [0.15, 0.2) is 18.3 Å². The molecule has 3 unspecified atom stereocenters. The molecule has 2 bridgehead atoms. The predicted molar refractivity (Wildman–Crippen MR) is 167 cm³/mol. The Bertz CT molecular complexity index is 1340. The van der Waals surface area contributed by atoms with Gasteiger partial charge in [0.15, 0.2) is 5.65 Å². The number of aromatic nitrogens is 4. The fourth-order valence-corrected chi connectivity index (χ4v) is 6.96. The quantitative estimate of drug-likeness (QED) is 0.409. The van der Waals surface area contributed by atoms with Gasteiger partial charge in [-0.2, -0.15) is 19.6 Å². The van der Waals surface area contributed by atoms with E-state index in [1.165, 1.54) is 0 Å². The first-order valence-electron chi connectivity index (χ1n) is 16.2. The number of ether oxygens (including phenoxy) is 2. The number of amides is 2. The molecule has 0 spiro atoms. The molecule has 2 N–H and O–H groups in total. The molecule has 2 amide bonds. The highest BCUT2D eigenvalue weighted by atomic mass is 16.6. The number of hydrogen-bond acceptors (Lipinski definition) is 10. The van der Waals surface area contributed by atoms with Gasteiger partial charge in [0.1, 0.15) is 6.10 Å². The number of nitrogens with one attached hydrogen (secondary N) is 2. The van der Waals surface area contributed by atoms with Crippen LogP contribution < -0.4 is 10.6 Å². The number of hydrogen-bond donors (Lipinski definition) is 2. The molecule has 44 heavy (non-hydrogen) atoms. The van der Waals surface area contributed by atoms with Crippen LogP contribution >= 0.6 is 0 Å². The molecule has 3 atom stereocenters. The van der Waals surface area contributed by atoms with E-state index in [1.54, 1.807) is 11.0 Å². The molecule has 4 aliphatic rings. The lowest BCUT2D eigenvalue weighted by Gasteiger charge is -2.39. The second-order valence-corrected chi connectivity index (χ2v) is 13.2. The highest BCUT2D eigenvalue weighted by Gasteiger charge is 2.45. The van der Waals surface area contributed by atoms with Crippen molar-refractivity contribution in [2.45, 2.75) is 95.0 Å². The van der Waals surface area contributed by atoms with Gasteiger partial charge in [-0.1, -0.05) is 19.9 Å². The first-order valence-corrected chi connectivity index (χ1v) is 16.2. The standard InChI is InChI=1S/C31H47N9O4/c1-20(2)26-18-32-40-28(26)35-29(33-21-10-14-43-15-11-21)36-30(40)34-22-16-23-7-8-24(17-22)39(23)31(42)44-25-9-13-38(19-25)27(41)6-5-12-37(3)4/h5-6,18,20-25H,7-17,19H2,1-4H3,(H2,33,34,35,36)/b6-5+. The molecule has 0 aliphatic carbocycles. The first kappa shape index (κ1) is 30.6. The summed E-state index contributed by atoms with van der Waals surface area (Å²) in [7, 11) is 3.93. The van der Waals surface area contributed by atoms with Crippen LogP contribution in [-0.2, 0) is 14.3 Å². The molecule has 2 aromatic heterocycles. The summed E-state index contributed by atoms with van der Waals surface area (Å²) in [4.78, 5) is 41.4. The Balaban J connectivity index is 1.09. The zero-order chi connectivity index (χ0) is 30.8. The number of piperidine rings is 1. The maximum absolute atomic E-state index is 13.4. The van der Waals surface area contributed by atoms with Crippen LogP contribution in [0.5, 0.6) is 0 Å². The Kier molecular flexibility index (Phi) is 9.22. The Morgan fingerprint density at radius 3 is 2.52 bits per heavy atom. The number of fused-ring (bicyclic) bond motifs is 3. The van der Waals surface area contributed by atoms with Gasteiger partial charge in [-0.05, 0) is 58.5 Å². The summed E-state index contributed by atoms with van der Waals surface area (Å²) < 4.78 is 13.3. The largest absolute Gasteiger partial charge is 0.444 e. The number of anilines is 2. The number of likely N-dealkylation sites (N-methyl/N-ethyl adjacent to an activating group) is 1. The molecule has 4 aliphatic heterocycles. The topological polar surface area (TPSA) is 129 Å². The zero-order valence-electron chi connectivity index (χ0n) is 26.4. The Hall–Kier alpha value is -3.45. The lowest BCUT2D eigenvalue weighted by molar-refractivity contribution is -0.125. The van der Waals surface area contributed by atoms with Gasteiger partial charge < -0.3 is 34.8 Å². The first-order chi connectivity index (χ1) is 21.2. The van der Waals surface area contributed by atoms with Crippen molar-refractivity contribution in [2.24, 2.45) is 0 Å². The van der Waals surface area contributed by atoms with E-state index in [-0.39, 0.29) is 48.2 Å². The van der Waals surface area contributed by atoms with Crippen LogP contribution in [0.25, 0.3) is 5.65 Å². The summed E-state index contributed by atoms with van der Waals surface area (Å²) in [6.07, 6.45) is 10.9. The highest BCUT2D eigenvalue weighted by Crippen LogP contribution is 2.38. The minimum atomic E-state index is -0.269. The van der Waals surface area contributed by atoms with Gasteiger partial charge in [-0.15, -0.1) is 0 Å². The predicted octanol–water partition coefficient (Wildman–Crippen LogP) is 3.10. The van der Waals surface area contributed by atoms with E-state index in [4.69, 9.17) is 19.4 Å². The molecule has 13 nitrogen and oxygen atoms in total. The molecule has 6 rings (SSSR count). The maximum atomic E-state index is 13.4. The van der Waals surface area contributed by atoms with Gasteiger partial charge >= 0.3 is 6.09 Å². The van der Waals surface area contributed by atoms with Crippen LogP contribution in [0.1, 0.15) is 70.3 Å². The SMILES string of the molecule is CC(C)c1cnn2c(NC3CC4CCC(C3)N4C(=O)OC3CCN(C(=O)/C=C/CN(C)C)C3)nc(NC3CCOCC3)nc12. The average molecular weight is 610 g/mol. The number of nitrogens with zero attached hydrogens (tertiary/aromatic N) is 7. The highest BCUT2D eigenvalue weighted by molar-refractivity contribution is 5.87. The van der Waals surface area contributed by atoms with E-state index in [1.807, 2.05) is 40.7 Å². The Morgan fingerprint density at radius 1 is 1.07 bits per heavy atom. The number of carbonyl (C=O) groups excluding carboxylic acids is 2. The summed E-state index contributed by atoms with van der Waals surface area (Å²) in [5.41, 5.74) is 1.90. The summed E-state index contributed by atoms with van der Waals surface area (Å²) >= 11 is 0. The molecule has 0 aromatic carbocycles. The molecule has 2 aromatic rings. The molecule has 4 saturated heterocycles. The van der Waals surface area contributed by atoms with Gasteiger partial charge in [0.05, 0.1) is 12.7 Å². The second-order valence-electron chi connectivity index (χ2n) is 13.2. The second kappa shape index (κ2) is 13.3.